The Kier molecular flexibility index (Phi) is 4.49. The van der Waals surface area contributed by atoms with Gasteiger partial charge in [0.1, 0.15) is 6.04 Å². The van der Waals surface area contributed by atoms with Gasteiger partial charge in [-0.05, 0) is 26.0 Å². The summed E-state index contributed by atoms with van der Waals surface area (Å²) in [5.41, 5.74) is 0.109. The van der Waals surface area contributed by atoms with Crippen LogP contribution in [0.4, 0.5) is 13.2 Å². The predicted molar refractivity (Wildman–Crippen MR) is 76.4 cm³/mol. The molecule has 6 nitrogen and oxygen atoms in total. The highest BCUT2D eigenvalue weighted by Crippen LogP contribution is 2.29. The van der Waals surface area contributed by atoms with Gasteiger partial charge >= 0.3 is 6.18 Å². The molecule has 9 heteroatoms. The summed E-state index contributed by atoms with van der Waals surface area (Å²) in [6.45, 7) is 3.33. The number of rotatable bonds is 4. The molecule has 2 aromatic rings. The lowest BCUT2D eigenvalue weighted by atomic mass is 10.2. The number of carbonyl (C=O) groups is 1. The van der Waals surface area contributed by atoms with E-state index in [9.17, 15) is 18.0 Å². The molecule has 1 atom stereocenters. The molecule has 0 aliphatic rings. The molecule has 0 aromatic carbocycles. The number of aromatic nitrogens is 4. The highest BCUT2D eigenvalue weighted by atomic mass is 19.4. The zero-order chi connectivity index (χ0) is 17.4. The Labute approximate surface area is 131 Å². The van der Waals surface area contributed by atoms with Gasteiger partial charge in [0, 0.05) is 26.0 Å². The van der Waals surface area contributed by atoms with E-state index in [-0.39, 0.29) is 11.6 Å². The summed E-state index contributed by atoms with van der Waals surface area (Å²) in [7, 11) is 3.35. The van der Waals surface area contributed by atoms with Gasteiger partial charge in [-0.1, -0.05) is 0 Å². The molecule has 126 valence electrons. The normalized spacial score (nSPS) is 13.2. The van der Waals surface area contributed by atoms with Gasteiger partial charge < -0.3 is 4.90 Å². The van der Waals surface area contributed by atoms with E-state index in [4.69, 9.17) is 0 Å². The number of likely N-dealkylation sites (N-methyl/N-ethyl adjacent to an activating group) is 1. The second kappa shape index (κ2) is 6.05. The van der Waals surface area contributed by atoms with Crippen LogP contribution in [-0.4, -0.2) is 37.4 Å². The highest BCUT2D eigenvalue weighted by molar-refractivity contribution is 5.79. The average molecular weight is 329 g/mol. The Morgan fingerprint density at radius 1 is 1.43 bits per heavy atom. The molecule has 0 radical (unpaired) electrons. The predicted octanol–water partition coefficient (Wildman–Crippen LogP) is 2.16. The Balaban J connectivity index is 2.16. The minimum absolute atomic E-state index is 0.284. The number of nitrogens with zero attached hydrogens (tertiary/aromatic N) is 5. The molecule has 1 unspecified atom stereocenters. The SMILES string of the molecule is Cc1cc(C(F)(F)F)nn1C(C)C(=O)N(C)Cc1ccnn1C. The number of alkyl halides is 3. The zero-order valence-corrected chi connectivity index (χ0v) is 13.3. The Morgan fingerprint density at radius 2 is 2.09 bits per heavy atom. The summed E-state index contributed by atoms with van der Waals surface area (Å²) in [6.07, 6.45) is -2.91. The molecule has 2 aromatic heterocycles. The van der Waals surface area contributed by atoms with Gasteiger partial charge in [0.15, 0.2) is 5.69 Å². The van der Waals surface area contributed by atoms with Crippen molar-refractivity contribution in [3.8, 4) is 0 Å². The molecule has 0 spiro atoms. The van der Waals surface area contributed by atoms with Crippen LogP contribution in [-0.2, 0) is 24.6 Å². The van der Waals surface area contributed by atoms with Crippen molar-refractivity contribution in [3.63, 3.8) is 0 Å². The second-order valence-electron chi connectivity index (χ2n) is 5.43. The first-order valence-corrected chi connectivity index (χ1v) is 6.96. The van der Waals surface area contributed by atoms with Gasteiger partial charge in [0.05, 0.1) is 12.2 Å². The van der Waals surface area contributed by atoms with Crippen molar-refractivity contribution in [2.45, 2.75) is 32.6 Å². The molecule has 0 aliphatic heterocycles. The monoisotopic (exact) mass is 329 g/mol. The summed E-state index contributed by atoms with van der Waals surface area (Å²) in [4.78, 5) is 13.9. The van der Waals surface area contributed by atoms with Gasteiger partial charge in [-0.25, -0.2) is 0 Å². The van der Waals surface area contributed by atoms with E-state index < -0.39 is 17.9 Å². The van der Waals surface area contributed by atoms with Crippen LogP contribution in [0.15, 0.2) is 18.3 Å². The van der Waals surface area contributed by atoms with Gasteiger partial charge in [-0.15, -0.1) is 0 Å². The van der Waals surface area contributed by atoms with Crippen LogP contribution in [0.25, 0.3) is 0 Å². The van der Waals surface area contributed by atoms with Crippen LogP contribution in [0.3, 0.4) is 0 Å². The van der Waals surface area contributed by atoms with E-state index in [0.29, 0.717) is 6.54 Å². The number of amides is 1. The van der Waals surface area contributed by atoms with Crippen LogP contribution in [0.1, 0.15) is 30.0 Å². The quantitative estimate of drug-likeness (QED) is 0.864. The van der Waals surface area contributed by atoms with E-state index in [1.807, 2.05) is 0 Å². The first-order valence-electron chi connectivity index (χ1n) is 6.96. The Hall–Kier alpha value is -2.32. The minimum Gasteiger partial charge on any atom is -0.338 e. The number of hydrogen-bond acceptors (Lipinski definition) is 3. The van der Waals surface area contributed by atoms with Gasteiger partial charge in [0.2, 0.25) is 5.91 Å². The standard InChI is InChI=1S/C14H18F3N5O/c1-9-7-12(14(15,16)17)19-22(9)10(2)13(23)20(3)8-11-5-6-18-21(11)4/h5-7,10H,8H2,1-4H3. The van der Waals surface area contributed by atoms with Crippen molar-refractivity contribution in [2.75, 3.05) is 7.05 Å². The molecule has 1 amide bonds. The number of halogens is 3. The van der Waals surface area contributed by atoms with Crippen molar-refractivity contribution >= 4 is 5.91 Å². The summed E-state index contributed by atoms with van der Waals surface area (Å²) < 4.78 is 40.9. The lowest BCUT2D eigenvalue weighted by molar-refractivity contribution is -0.142. The largest absolute Gasteiger partial charge is 0.435 e. The van der Waals surface area contributed by atoms with Gasteiger partial charge in [-0.3, -0.25) is 14.2 Å². The molecular formula is C14H18F3N5O. The van der Waals surface area contributed by atoms with Crippen LogP contribution in [0, 0.1) is 6.92 Å². The lowest BCUT2D eigenvalue weighted by Gasteiger charge is -2.22. The molecule has 0 saturated heterocycles. The summed E-state index contributed by atoms with van der Waals surface area (Å²) in [5.74, 6) is -0.328. The van der Waals surface area contributed by atoms with E-state index in [2.05, 4.69) is 10.2 Å². The summed E-state index contributed by atoms with van der Waals surface area (Å²) in [6, 6.07) is 1.88. The second-order valence-corrected chi connectivity index (χ2v) is 5.43. The van der Waals surface area contributed by atoms with Crippen molar-refractivity contribution in [3.05, 3.63) is 35.4 Å². The molecule has 0 aliphatic carbocycles. The third kappa shape index (κ3) is 3.54. The summed E-state index contributed by atoms with van der Waals surface area (Å²) in [5, 5.41) is 7.54. The van der Waals surface area contributed by atoms with Gasteiger partial charge in [0.25, 0.3) is 0 Å². The molecule has 2 heterocycles. The molecular weight excluding hydrogens is 311 g/mol. The van der Waals surface area contributed by atoms with E-state index in [1.54, 1.807) is 31.0 Å². The first kappa shape index (κ1) is 17.0. The molecule has 0 fully saturated rings. The average Bonchev–Trinajstić information content (AvgIpc) is 3.03. The van der Waals surface area contributed by atoms with Crippen LogP contribution >= 0.6 is 0 Å². The minimum atomic E-state index is -4.53. The fraction of sp³-hybridized carbons (Fsp3) is 0.500. The van der Waals surface area contributed by atoms with Crippen molar-refractivity contribution < 1.29 is 18.0 Å². The maximum absolute atomic E-state index is 12.7. The highest BCUT2D eigenvalue weighted by Gasteiger charge is 2.35. The fourth-order valence-corrected chi connectivity index (χ4v) is 2.32. The van der Waals surface area contributed by atoms with Gasteiger partial charge in [-0.2, -0.15) is 23.4 Å². The van der Waals surface area contributed by atoms with Crippen molar-refractivity contribution in [2.24, 2.45) is 7.05 Å². The molecule has 2 rings (SSSR count). The number of aryl methyl sites for hydroxylation is 2. The van der Waals surface area contributed by atoms with Crippen LogP contribution < -0.4 is 0 Å². The third-order valence-electron chi connectivity index (χ3n) is 3.63. The van der Waals surface area contributed by atoms with Crippen LogP contribution in [0.5, 0.6) is 0 Å². The molecule has 0 N–H and O–H groups in total. The summed E-state index contributed by atoms with van der Waals surface area (Å²) >= 11 is 0. The Morgan fingerprint density at radius 3 is 2.57 bits per heavy atom. The fourth-order valence-electron chi connectivity index (χ4n) is 2.32. The van der Waals surface area contributed by atoms with E-state index in [1.165, 1.54) is 18.7 Å². The van der Waals surface area contributed by atoms with Crippen molar-refractivity contribution in [1.29, 1.82) is 0 Å². The number of carbonyl (C=O) groups excluding carboxylic acids is 1. The first-order chi connectivity index (χ1) is 10.6. The third-order valence-corrected chi connectivity index (χ3v) is 3.63. The maximum Gasteiger partial charge on any atom is 0.435 e. The molecule has 0 bridgehead atoms. The zero-order valence-electron chi connectivity index (χ0n) is 13.3. The Bertz CT molecular complexity index is 704. The van der Waals surface area contributed by atoms with E-state index >= 15 is 0 Å². The van der Waals surface area contributed by atoms with E-state index in [0.717, 1.165) is 16.4 Å². The smallest absolute Gasteiger partial charge is 0.338 e. The maximum atomic E-state index is 12.7. The van der Waals surface area contributed by atoms with Crippen LogP contribution in [0.2, 0.25) is 0 Å². The van der Waals surface area contributed by atoms with Crippen molar-refractivity contribution in [1.82, 2.24) is 24.5 Å². The topological polar surface area (TPSA) is 56.0 Å². The molecule has 23 heavy (non-hydrogen) atoms. The number of hydrogen-bond donors (Lipinski definition) is 0. The molecule has 0 saturated carbocycles. The lowest BCUT2D eigenvalue weighted by Crippen LogP contribution is -2.34.